The van der Waals surface area contributed by atoms with E-state index in [-0.39, 0.29) is 17.1 Å². The molecule has 0 spiro atoms. The van der Waals surface area contributed by atoms with Crippen LogP contribution in [0.4, 0.5) is 0 Å². The minimum atomic E-state index is -3.64. The van der Waals surface area contributed by atoms with E-state index in [0.717, 1.165) is 12.2 Å². The summed E-state index contributed by atoms with van der Waals surface area (Å²) in [5, 5.41) is 10.3. The third kappa shape index (κ3) is 6.04. The number of benzene rings is 2. The van der Waals surface area contributed by atoms with E-state index in [9.17, 15) is 18.3 Å². The maximum Gasteiger partial charge on any atom is 0.248 e. The molecule has 2 aromatic rings. The van der Waals surface area contributed by atoms with Gasteiger partial charge in [-0.25, -0.2) is 8.42 Å². The second-order valence-corrected chi connectivity index (χ2v) is 9.49. The molecule has 1 aliphatic rings. The molecule has 1 unspecified atom stereocenters. The number of amides is 1. The number of hydrogen-bond donors (Lipinski definition) is 2. The van der Waals surface area contributed by atoms with Crippen LogP contribution >= 0.6 is 0 Å². The van der Waals surface area contributed by atoms with Crippen LogP contribution in [-0.4, -0.2) is 74.1 Å². The number of carbonyl (C=O) groups is 1. The van der Waals surface area contributed by atoms with E-state index in [1.165, 1.54) is 34.1 Å². The van der Waals surface area contributed by atoms with E-state index in [1.807, 2.05) is 29.2 Å². The molecule has 0 aromatic heterocycles. The summed E-state index contributed by atoms with van der Waals surface area (Å²) in [6.45, 7) is 4.36. The fourth-order valence-electron chi connectivity index (χ4n) is 3.46. The van der Waals surface area contributed by atoms with Gasteiger partial charge in [0.25, 0.3) is 0 Å². The molecule has 1 fully saturated rings. The van der Waals surface area contributed by atoms with E-state index in [0.29, 0.717) is 32.7 Å². The predicted octanol–water partition coefficient (Wildman–Crippen LogP) is 1.09. The van der Waals surface area contributed by atoms with Crippen LogP contribution in [0.1, 0.15) is 22.8 Å². The molecule has 3 N–H and O–H groups in total. The fourth-order valence-corrected chi connectivity index (χ4v) is 4.88. The summed E-state index contributed by atoms with van der Waals surface area (Å²) in [4.78, 5) is 13.3. The second kappa shape index (κ2) is 10.2. The Hall–Kier alpha value is -2.46. The summed E-state index contributed by atoms with van der Waals surface area (Å²) >= 11 is 0. The molecule has 1 aliphatic heterocycles. The highest BCUT2D eigenvalue weighted by Crippen LogP contribution is 2.19. The molecule has 168 valence electrons. The molecule has 1 amide bonds. The average Bonchev–Trinajstić information content (AvgIpc) is 2.78. The Kier molecular flexibility index (Phi) is 7.66. The van der Waals surface area contributed by atoms with Crippen molar-refractivity contribution in [2.24, 2.45) is 5.73 Å². The van der Waals surface area contributed by atoms with Gasteiger partial charge in [0.15, 0.2) is 0 Å². The number of aliphatic hydroxyl groups excluding tert-OH is 1. The van der Waals surface area contributed by atoms with Gasteiger partial charge in [0.2, 0.25) is 15.9 Å². The summed E-state index contributed by atoms with van der Waals surface area (Å²) in [6, 6.07) is 13.4. The van der Waals surface area contributed by atoms with E-state index >= 15 is 0 Å². The van der Waals surface area contributed by atoms with Gasteiger partial charge in [-0.2, -0.15) is 4.31 Å². The molecule has 0 radical (unpaired) electrons. The molecular formula is C22H29N3O5S. The van der Waals surface area contributed by atoms with Gasteiger partial charge in [0.05, 0.1) is 4.90 Å². The van der Waals surface area contributed by atoms with E-state index in [4.69, 9.17) is 10.5 Å². The van der Waals surface area contributed by atoms with Crippen molar-refractivity contribution in [1.82, 2.24) is 9.21 Å². The van der Waals surface area contributed by atoms with Crippen LogP contribution in [0.15, 0.2) is 53.4 Å². The first-order chi connectivity index (χ1) is 14.8. The van der Waals surface area contributed by atoms with Gasteiger partial charge in [0.1, 0.15) is 18.5 Å². The van der Waals surface area contributed by atoms with Crippen molar-refractivity contribution in [3.8, 4) is 5.75 Å². The Morgan fingerprint density at radius 3 is 2.23 bits per heavy atom. The lowest BCUT2D eigenvalue weighted by Crippen LogP contribution is -2.50. The molecule has 31 heavy (non-hydrogen) atoms. The largest absolute Gasteiger partial charge is 0.491 e. The Bertz CT molecular complexity index is 969. The Morgan fingerprint density at radius 2 is 1.68 bits per heavy atom. The minimum absolute atomic E-state index is 0.133. The van der Waals surface area contributed by atoms with Crippen molar-refractivity contribution in [2.75, 3.05) is 39.3 Å². The minimum Gasteiger partial charge on any atom is -0.491 e. The molecule has 1 heterocycles. The molecule has 0 aliphatic carbocycles. The summed E-state index contributed by atoms with van der Waals surface area (Å²) in [5.41, 5.74) is 6.69. The lowest BCUT2D eigenvalue weighted by atomic mass is 10.2. The number of sulfonamides is 1. The number of β-amino-alcohol motifs (C(OH)–C–C–N with tert-alkyl or cyclic N) is 1. The molecule has 0 bridgehead atoms. The van der Waals surface area contributed by atoms with Crippen LogP contribution in [-0.2, 0) is 16.4 Å². The van der Waals surface area contributed by atoms with E-state index in [1.54, 1.807) is 0 Å². The topological polar surface area (TPSA) is 113 Å². The molecule has 1 saturated heterocycles. The van der Waals surface area contributed by atoms with Crippen LogP contribution in [0, 0.1) is 0 Å². The molecule has 2 aromatic carbocycles. The number of nitrogens with two attached hydrogens (primary N) is 1. The van der Waals surface area contributed by atoms with Gasteiger partial charge in [-0.15, -0.1) is 0 Å². The van der Waals surface area contributed by atoms with Gasteiger partial charge < -0.3 is 15.6 Å². The van der Waals surface area contributed by atoms with Crippen LogP contribution in [0.5, 0.6) is 5.75 Å². The van der Waals surface area contributed by atoms with Gasteiger partial charge in [0, 0.05) is 38.3 Å². The fraction of sp³-hybridized carbons (Fsp3) is 0.409. The number of carbonyl (C=O) groups excluding carboxylic acids is 1. The van der Waals surface area contributed by atoms with E-state index < -0.39 is 22.0 Å². The zero-order valence-electron chi connectivity index (χ0n) is 17.6. The first-order valence-electron chi connectivity index (χ1n) is 10.3. The third-order valence-corrected chi connectivity index (χ3v) is 7.26. The zero-order chi connectivity index (χ0) is 22.4. The molecule has 1 atom stereocenters. The molecule has 8 nitrogen and oxygen atoms in total. The smallest absolute Gasteiger partial charge is 0.248 e. The highest BCUT2D eigenvalue weighted by atomic mass is 32.2. The van der Waals surface area contributed by atoms with Crippen LogP contribution in [0.25, 0.3) is 0 Å². The van der Waals surface area contributed by atoms with Crippen molar-refractivity contribution in [3.63, 3.8) is 0 Å². The molecular weight excluding hydrogens is 418 g/mol. The average molecular weight is 448 g/mol. The molecule has 9 heteroatoms. The van der Waals surface area contributed by atoms with Crippen molar-refractivity contribution >= 4 is 15.9 Å². The number of hydrogen-bond acceptors (Lipinski definition) is 6. The normalized spacial score (nSPS) is 16.7. The lowest BCUT2D eigenvalue weighted by molar-refractivity contribution is 0.0569. The molecule has 0 saturated carbocycles. The first-order valence-corrected chi connectivity index (χ1v) is 11.8. The first kappa shape index (κ1) is 23.2. The summed E-state index contributed by atoms with van der Waals surface area (Å²) < 4.78 is 32.7. The third-order valence-electron chi connectivity index (χ3n) is 5.35. The lowest BCUT2D eigenvalue weighted by Gasteiger charge is -2.34. The van der Waals surface area contributed by atoms with Gasteiger partial charge in [-0.05, 0) is 48.4 Å². The second-order valence-electron chi connectivity index (χ2n) is 7.56. The summed E-state index contributed by atoms with van der Waals surface area (Å²) in [7, 11) is -3.64. The van der Waals surface area contributed by atoms with Gasteiger partial charge in [-0.1, -0.05) is 19.1 Å². The van der Waals surface area contributed by atoms with Crippen molar-refractivity contribution in [3.05, 3.63) is 59.7 Å². The molecule has 3 rings (SSSR count). The van der Waals surface area contributed by atoms with Crippen LogP contribution in [0.3, 0.4) is 0 Å². The number of aliphatic hydroxyl groups is 1. The number of primary amides is 1. The Labute approximate surface area is 183 Å². The highest BCUT2D eigenvalue weighted by Gasteiger charge is 2.29. The number of aryl methyl sites for hydroxylation is 1. The number of rotatable bonds is 9. The standard InChI is InChI=1S/C22H29N3O5S/c1-2-17-3-7-20(8-4-17)30-16-19(26)15-24-11-13-25(14-12-24)31(28,29)21-9-5-18(6-10-21)22(23)27/h3-10,19,26H,2,11-16H2,1H3,(H2,23,27). The quantitative estimate of drug-likeness (QED) is 0.595. The number of nitrogens with zero attached hydrogens (tertiary/aromatic N) is 2. The summed E-state index contributed by atoms with van der Waals surface area (Å²) in [5.74, 6) is 0.118. The summed E-state index contributed by atoms with van der Waals surface area (Å²) in [6.07, 6.45) is 0.291. The van der Waals surface area contributed by atoms with Gasteiger partial charge in [-0.3, -0.25) is 9.69 Å². The maximum atomic E-state index is 12.8. The highest BCUT2D eigenvalue weighted by molar-refractivity contribution is 7.89. The predicted molar refractivity (Wildman–Crippen MR) is 117 cm³/mol. The van der Waals surface area contributed by atoms with Crippen molar-refractivity contribution in [2.45, 2.75) is 24.3 Å². The zero-order valence-corrected chi connectivity index (χ0v) is 18.4. The van der Waals surface area contributed by atoms with Crippen LogP contribution < -0.4 is 10.5 Å². The van der Waals surface area contributed by atoms with Crippen molar-refractivity contribution < 1.29 is 23.1 Å². The van der Waals surface area contributed by atoms with Crippen LogP contribution in [0.2, 0.25) is 0 Å². The number of piperazine rings is 1. The maximum absolute atomic E-state index is 12.8. The van der Waals surface area contributed by atoms with Gasteiger partial charge >= 0.3 is 0 Å². The monoisotopic (exact) mass is 447 g/mol. The SMILES string of the molecule is CCc1ccc(OCC(O)CN2CCN(S(=O)(=O)c3ccc(C(N)=O)cc3)CC2)cc1. The Morgan fingerprint density at radius 1 is 1.06 bits per heavy atom. The number of ether oxygens (including phenoxy) is 1. The van der Waals surface area contributed by atoms with E-state index in [2.05, 4.69) is 6.92 Å². The van der Waals surface area contributed by atoms with Crippen molar-refractivity contribution in [1.29, 1.82) is 0 Å². The Balaban J connectivity index is 1.47.